The summed E-state index contributed by atoms with van der Waals surface area (Å²) < 4.78 is 5.66. The number of amides is 2. The highest BCUT2D eigenvalue weighted by atomic mass is 16.5. The lowest BCUT2D eigenvalue weighted by Crippen LogP contribution is -2.49. The fraction of sp³-hybridized carbons (Fsp3) is 0.444. The Morgan fingerprint density at radius 2 is 1.65 bits per heavy atom. The minimum atomic E-state index is -1.04. The molecule has 2 amide bonds. The van der Waals surface area contributed by atoms with E-state index in [1.54, 1.807) is 7.05 Å². The molecule has 2 aromatic carbocycles. The second kappa shape index (κ2) is 8.78. The smallest absolute Gasteiger partial charge is 0.407 e. The predicted molar refractivity (Wildman–Crippen MR) is 126 cm³/mol. The van der Waals surface area contributed by atoms with Gasteiger partial charge in [-0.3, -0.25) is 4.79 Å². The molecule has 0 unspecified atom stereocenters. The van der Waals surface area contributed by atoms with Crippen LogP contribution in [0.5, 0.6) is 0 Å². The van der Waals surface area contributed by atoms with E-state index in [0.29, 0.717) is 25.7 Å². The number of carbonyl (C=O) groups is 3. The maximum Gasteiger partial charge on any atom is 0.407 e. The van der Waals surface area contributed by atoms with Gasteiger partial charge in [-0.05, 0) is 54.4 Å². The number of alkyl carbamates (subject to hydrolysis) is 1. The fourth-order valence-corrected chi connectivity index (χ4v) is 5.65. The summed E-state index contributed by atoms with van der Waals surface area (Å²) in [4.78, 5) is 38.6. The molecule has 2 fully saturated rings. The van der Waals surface area contributed by atoms with Crippen LogP contribution in [0.1, 0.15) is 55.6 Å². The molecule has 34 heavy (non-hydrogen) atoms. The van der Waals surface area contributed by atoms with E-state index in [-0.39, 0.29) is 30.4 Å². The number of carboxylic acids is 1. The van der Waals surface area contributed by atoms with Gasteiger partial charge in [-0.25, -0.2) is 9.59 Å². The summed E-state index contributed by atoms with van der Waals surface area (Å²) in [6, 6.07) is 16.2. The summed E-state index contributed by atoms with van der Waals surface area (Å²) in [6.07, 6.45) is 3.32. The highest BCUT2D eigenvalue weighted by molar-refractivity contribution is 5.90. The van der Waals surface area contributed by atoms with Crippen molar-refractivity contribution in [1.29, 1.82) is 0 Å². The fourth-order valence-electron chi connectivity index (χ4n) is 5.65. The number of likely N-dealkylation sites (N-methyl/N-ethyl adjacent to an activating group) is 1. The number of nitrogens with one attached hydrogen (secondary N) is 1. The van der Waals surface area contributed by atoms with Crippen LogP contribution in [-0.4, -0.2) is 53.2 Å². The summed E-state index contributed by atoms with van der Waals surface area (Å²) in [6.45, 7) is 0.249. The molecule has 0 aliphatic heterocycles. The summed E-state index contributed by atoms with van der Waals surface area (Å²) in [7, 11) is 1.59. The van der Waals surface area contributed by atoms with Gasteiger partial charge >= 0.3 is 12.1 Å². The second-order valence-electron chi connectivity index (χ2n) is 9.76. The topological polar surface area (TPSA) is 95.9 Å². The number of hydrogen-bond donors (Lipinski definition) is 2. The van der Waals surface area contributed by atoms with Crippen molar-refractivity contribution in [1.82, 2.24) is 10.2 Å². The number of nitrogens with zero attached hydrogens (tertiary/aromatic N) is 1. The van der Waals surface area contributed by atoms with Gasteiger partial charge in [0.05, 0.1) is 0 Å². The number of carboxylic acid groups (broad SMARTS) is 1. The van der Waals surface area contributed by atoms with E-state index in [2.05, 4.69) is 29.6 Å². The predicted octanol–water partition coefficient (Wildman–Crippen LogP) is 4.16. The van der Waals surface area contributed by atoms with E-state index >= 15 is 0 Å². The first-order chi connectivity index (χ1) is 16.4. The minimum Gasteiger partial charge on any atom is -0.479 e. The van der Waals surface area contributed by atoms with Crippen LogP contribution in [0.15, 0.2) is 48.5 Å². The molecule has 2 N–H and O–H groups in total. The SMILES string of the molecule is CN(C(=O)[C@@H]1CCC[C@H](NC(=O)OCC2c3ccccc3-c3ccccc32)C1)C1(C(=O)O)CC1. The first kappa shape index (κ1) is 22.4. The molecule has 178 valence electrons. The third-order valence-electron chi connectivity index (χ3n) is 7.78. The van der Waals surface area contributed by atoms with Crippen LogP contribution in [0.4, 0.5) is 4.79 Å². The zero-order valence-corrected chi connectivity index (χ0v) is 19.3. The van der Waals surface area contributed by atoms with Crippen LogP contribution in [-0.2, 0) is 14.3 Å². The zero-order valence-electron chi connectivity index (χ0n) is 19.3. The number of rotatable bonds is 6. The Morgan fingerprint density at radius 1 is 1.03 bits per heavy atom. The van der Waals surface area contributed by atoms with Crippen LogP contribution in [0.2, 0.25) is 0 Å². The Morgan fingerprint density at radius 3 is 2.24 bits per heavy atom. The van der Waals surface area contributed by atoms with Gasteiger partial charge in [0, 0.05) is 24.9 Å². The number of ether oxygens (including phenoxy) is 1. The highest BCUT2D eigenvalue weighted by Gasteiger charge is 2.56. The van der Waals surface area contributed by atoms with E-state index in [1.807, 2.05) is 24.3 Å². The molecule has 0 heterocycles. The number of benzene rings is 2. The Bertz CT molecular complexity index is 1080. The van der Waals surface area contributed by atoms with Gasteiger partial charge in [-0.1, -0.05) is 55.0 Å². The molecule has 2 aromatic rings. The monoisotopic (exact) mass is 462 g/mol. The first-order valence-electron chi connectivity index (χ1n) is 12.0. The lowest BCUT2D eigenvalue weighted by atomic mass is 9.84. The number of aliphatic carboxylic acids is 1. The zero-order chi connectivity index (χ0) is 23.9. The van der Waals surface area contributed by atoms with E-state index in [0.717, 1.165) is 24.0 Å². The standard InChI is InChI=1S/C27H30N2O5/c1-29(27(13-14-27)25(31)32)24(30)17-7-6-8-18(15-17)28-26(33)34-16-23-21-11-4-2-9-19(21)20-10-3-5-12-22(20)23/h2-5,9-12,17-18,23H,6-8,13-16H2,1H3,(H,28,33)(H,31,32)/t17-,18+/m1/s1. The van der Waals surface area contributed by atoms with Gasteiger partial charge in [0.1, 0.15) is 12.1 Å². The van der Waals surface area contributed by atoms with Crippen LogP contribution in [0.3, 0.4) is 0 Å². The Labute approximate surface area is 199 Å². The molecule has 2 saturated carbocycles. The van der Waals surface area contributed by atoms with Crippen molar-refractivity contribution in [2.24, 2.45) is 5.92 Å². The molecule has 3 aliphatic carbocycles. The van der Waals surface area contributed by atoms with Gasteiger partial charge in [0.25, 0.3) is 0 Å². The quantitative estimate of drug-likeness (QED) is 0.672. The van der Waals surface area contributed by atoms with Gasteiger partial charge in [0.2, 0.25) is 5.91 Å². The van der Waals surface area contributed by atoms with Crippen molar-refractivity contribution in [2.45, 2.75) is 56.0 Å². The maximum atomic E-state index is 13.0. The Kier molecular flexibility index (Phi) is 5.80. The van der Waals surface area contributed by atoms with Gasteiger partial charge in [-0.15, -0.1) is 0 Å². The molecule has 0 bridgehead atoms. The van der Waals surface area contributed by atoms with Crippen molar-refractivity contribution in [3.05, 3.63) is 59.7 Å². The molecule has 0 radical (unpaired) electrons. The lowest BCUT2D eigenvalue weighted by Gasteiger charge is -2.33. The van der Waals surface area contributed by atoms with E-state index in [9.17, 15) is 19.5 Å². The third-order valence-corrected chi connectivity index (χ3v) is 7.78. The van der Waals surface area contributed by atoms with Crippen molar-refractivity contribution >= 4 is 18.0 Å². The van der Waals surface area contributed by atoms with Crippen molar-refractivity contribution in [2.75, 3.05) is 13.7 Å². The Balaban J connectivity index is 1.18. The summed E-state index contributed by atoms with van der Waals surface area (Å²) in [5, 5.41) is 12.4. The van der Waals surface area contributed by atoms with Crippen LogP contribution in [0, 0.1) is 5.92 Å². The molecule has 0 spiro atoms. The molecule has 7 nitrogen and oxygen atoms in total. The van der Waals surface area contributed by atoms with Crippen LogP contribution in [0.25, 0.3) is 11.1 Å². The molecule has 2 atom stereocenters. The molecule has 3 aliphatic rings. The van der Waals surface area contributed by atoms with Gasteiger partial charge < -0.3 is 20.1 Å². The molecular weight excluding hydrogens is 432 g/mol. The van der Waals surface area contributed by atoms with Crippen LogP contribution < -0.4 is 5.32 Å². The first-order valence-corrected chi connectivity index (χ1v) is 12.0. The summed E-state index contributed by atoms with van der Waals surface area (Å²) in [5.41, 5.74) is 3.65. The van der Waals surface area contributed by atoms with Crippen molar-refractivity contribution in [3.63, 3.8) is 0 Å². The lowest BCUT2D eigenvalue weighted by molar-refractivity contribution is -0.153. The average molecular weight is 463 g/mol. The average Bonchev–Trinajstić information content (AvgIpc) is 3.61. The van der Waals surface area contributed by atoms with Gasteiger partial charge in [-0.2, -0.15) is 0 Å². The molecule has 0 aromatic heterocycles. The summed E-state index contributed by atoms with van der Waals surface area (Å²) in [5.74, 6) is -1.36. The van der Waals surface area contributed by atoms with E-state index in [1.165, 1.54) is 16.0 Å². The molecule has 7 heteroatoms. The number of hydrogen-bond acceptors (Lipinski definition) is 4. The summed E-state index contributed by atoms with van der Waals surface area (Å²) >= 11 is 0. The molecule has 0 saturated heterocycles. The minimum absolute atomic E-state index is 0.00164. The third kappa shape index (κ3) is 3.93. The maximum absolute atomic E-state index is 13.0. The van der Waals surface area contributed by atoms with Gasteiger partial charge in [0.15, 0.2) is 0 Å². The normalized spacial score (nSPS) is 22.3. The molecule has 5 rings (SSSR count). The van der Waals surface area contributed by atoms with Crippen LogP contribution >= 0.6 is 0 Å². The largest absolute Gasteiger partial charge is 0.479 e. The van der Waals surface area contributed by atoms with Crippen molar-refractivity contribution < 1.29 is 24.2 Å². The second-order valence-corrected chi connectivity index (χ2v) is 9.76. The highest BCUT2D eigenvalue weighted by Crippen LogP contribution is 2.45. The van der Waals surface area contributed by atoms with Crippen molar-refractivity contribution in [3.8, 4) is 11.1 Å². The number of fused-ring (bicyclic) bond motifs is 3. The number of carbonyl (C=O) groups excluding carboxylic acids is 2. The molecular formula is C27H30N2O5. The van der Waals surface area contributed by atoms with E-state index < -0.39 is 17.6 Å². The Hall–Kier alpha value is -3.35. The van der Waals surface area contributed by atoms with E-state index in [4.69, 9.17) is 4.74 Å².